The van der Waals surface area contributed by atoms with Crippen molar-refractivity contribution in [2.75, 3.05) is 0 Å². The lowest BCUT2D eigenvalue weighted by atomic mass is 9.79. The average molecular weight is 587 g/mol. The summed E-state index contributed by atoms with van der Waals surface area (Å²) in [5, 5.41) is 0. The molecule has 7 rings (SSSR count). The molecule has 0 N–H and O–H groups in total. The lowest BCUT2D eigenvalue weighted by Gasteiger charge is -2.32. The van der Waals surface area contributed by atoms with E-state index in [1.165, 1.54) is 5.56 Å². The van der Waals surface area contributed by atoms with Crippen LogP contribution in [0.25, 0.3) is 56.2 Å². The molecule has 45 heavy (non-hydrogen) atoms. The molecule has 5 heteroatoms. The second-order valence-corrected chi connectivity index (χ2v) is 12.6. The first-order chi connectivity index (χ1) is 21.8. The largest absolute Gasteiger partial charge is 0.494 e. The van der Waals surface area contributed by atoms with Gasteiger partial charge in [-0.1, -0.05) is 121 Å². The first-order valence-corrected chi connectivity index (χ1v) is 15.4. The van der Waals surface area contributed by atoms with Crippen molar-refractivity contribution < 1.29 is 9.31 Å². The van der Waals surface area contributed by atoms with Gasteiger partial charge in [-0.15, -0.1) is 0 Å². The monoisotopic (exact) mass is 586 g/mol. The van der Waals surface area contributed by atoms with Crippen LogP contribution in [0.4, 0.5) is 0 Å². The van der Waals surface area contributed by atoms with Gasteiger partial charge in [-0.05, 0) is 73.6 Å². The van der Waals surface area contributed by atoms with E-state index >= 15 is 0 Å². The maximum atomic E-state index is 6.30. The zero-order chi connectivity index (χ0) is 31.0. The van der Waals surface area contributed by atoms with Gasteiger partial charge in [-0.25, -0.2) is 9.97 Å². The summed E-state index contributed by atoms with van der Waals surface area (Å²) in [7, 11) is -0.415. The fraction of sp³-hybridized carbons (Fsp3) is 0.150. The molecule has 0 aliphatic carbocycles. The van der Waals surface area contributed by atoms with Crippen LogP contribution in [0, 0.1) is 0 Å². The van der Waals surface area contributed by atoms with Crippen molar-refractivity contribution in [1.29, 1.82) is 0 Å². The summed E-state index contributed by atoms with van der Waals surface area (Å²) in [6, 6.07) is 48.2. The molecular weight excluding hydrogens is 551 g/mol. The number of nitrogens with zero attached hydrogens (tertiary/aromatic N) is 2. The van der Waals surface area contributed by atoms with Gasteiger partial charge in [0.05, 0.1) is 22.6 Å². The Balaban J connectivity index is 1.31. The van der Waals surface area contributed by atoms with Crippen LogP contribution in [0.3, 0.4) is 0 Å². The Morgan fingerprint density at radius 1 is 0.422 bits per heavy atom. The second-order valence-electron chi connectivity index (χ2n) is 12.6. The van der Waals surface area contributed by atoms with Crippen LogP contribution in [-0.4, -0.2) is 28.3 Å². The van der Waals surface area contributed by atoms with Gasteiger partial charge in [0.2, 0.25) is 0 Å². The number of aromatic nitrogens is 2. The van der Waals surface area contributed by atoms with Crippen LogP contribution in [0.1, 0.15) is 27.7 Å². The highest BCUT2D eigenvalue weighted by molar-refractivity contribution is 6.62. The number of hydrogen-bond acceptors (Lipinski definition) is 4. The van der Waals surface area contributed by atoms with E-state index in [2.05, 4.69) is 155 Å². The zero-order valence-corrected chi connectivity index (χ0v) is 26.1. The summed E-state index contributed by atoms with van der Waals surface area (Å²) in [4.78, 5) is 10.2. The van der Waals surface area contributed by atoms with Crippen LogP contribution in [0.2, 0.25) is 0 Å². The lowest BCUT2D eigenvalue weighted by molar-refractivity contribution is 0.00578. The third-order valence-corrected chi connectivity index (χ3v) is 8.95. The molecule has 2 heterocycles. The van der Waals surface area contributed by atoms with Crippen LogP contribution in [0.5, 0.6) is 0 Å². The normalized spacial score (nSPS) is 15.2. The van der Waals surface area contributed by atoms with E-state index in [-0.39, 0.29) is 0 Å². The molecule has 1 fully saturated rings. The van der Waals surface area contributed by atoms with Gasteiger partial charge in [-0.3, -0.25) is 0 Å². The molecule has 4 nitrogen and oxygen atoms in total. The van der Waals surface area contributed by atoms with E-state index < -0.39 is 18.3 Å². The molecule has 0 radical (unpaired) electrons. The molecular formula is C40H35BN2O2. The maximum absolute atomic E-state index is 6.30. The quantitative estimate of drug-likeness (QED) is 0.183. The summed E-state index contributed by atoms with van der Waals surface area (Å²) in [5.74, 6) is 0.681. The highest BCUT2D eigenvalue weighted by atomic mass is 16.7. The molecule has 6 aromatic rings. The van der Waals surface area contributed by atoms with Crippen LogP contribution in [0.15, 0.2) is 140 Å². The van der Waals surface area contributed by atoms with E-state index in [0.29, 0.717) is 5.82 Å². The van der Waals surface area contributed by atoms with Gasteiger partial charge < -0.3 is 9.31 Å². The van der Waals surface area contributed by atoms with Gasteiger partial charge in [0.25, 0.3) is 0 Å². The first-order valence-electron chi connectivity index (χ1n) is 15.4. The zero-order valence-electron chi connectivity index (χ0n) is 26.1. The first kappa shape index (κ1) is 28.9. The van der Waals surface area contributed by atoms with E-state index in [1.54, 1.807) is 0 Å². The molecule has 0 bridgehead atoms. The van der Waals surface area contributed by atoms with Crippen LogP contribution < -0.4 is 5.46 Å². The van der Waals surface area contributed by atoms with E-state index in [1.807, 2.05) is 12.1 Å². The second kappa shape index (κ2) is 11.6. The summed E-state index contributed by atoms with van der Waals surface area (Å²) >= 11 is 0. The lowest BCUT2D eigenvalue weighted by Crippen LogP contribution is -2.41. The predicted molar refractivity (Wildman–Crippen MR) is 185 cm³/mol. The summed E-state index contributed by atoms with van der Waals surface area (Å²) < 4.78 is 12.6. The smallest absolute Gasteiger partial charge is 0.399 e. The molecule has 1 aliphatic heterocycles. The topological polar surface area (TPSA) is 44.2 Å². The van der Waals surface area contributed by atoms with Gasteiger partial charge in [0, 0.05) is 16.7 Å². The third kappa shape index (κ3) is 5.85. The van der Waals surface area contributed by atoms with E-state index in [0.717, 1.165) is 50.2 Å². The summed E-state index contributed by atoms with van der Waals surface area (Å²) in [5.41, 5.74) is 9.52. The standard InChI is InChI=1S/C40H35BN2O2/c1-39(2)40(3,4)45-41(44-39)35-23-21-30(22-24-35)36-27-37(33-19-11-17-31(25-33)28-13-7-5-8-14-28)43-38(42-36)34-20-12-18-32(26-34)29-15-9-6-10-16-29/h5-27H,1-4H3. The van der Waals surface area contributed by atoms with E-state index in [9.17, 15) is 0 Å². The molecule has 0 saturated carbocycles. The SMILES string of the molecule is CC1(C)OB(c2ccc(-c3cc(-c4cccc(-c5ccccc5)c4)nc(-c4cccc(-c5ccccc5)c4)n3)cc2)OC1(C)C. The fourth-order valence-electron chi connectivity index (χ4n) is 5.62. The summed E-state index contributed by atoms with van der Waals surface area (Å²) in [6.07, 6.45) is 0. The van der Waals surface area contributed by atoms with Crippen molar-refractivity contribution in [3.8, 4) is 56.2 Å². The van der Waals surface area contributed by atoms with Crippen molar-refractivity contribution in [2.45, 2.75) is 38.9 Å². The van der Waals surface area contributed by atoms with Gasteiger partial charge in [-0.2, -0.15) is 0 Å². The number of hydrogen-bond donors (Lipinski definition) is 0. The molecule has 0 spiro atoms. The van der Waals surface area contributed by atoms with Gasteiger partial charge >= 0.3 is 7.12 Å². The minimum atomic E-state index is -0.415. The van der Waals surface area contributed by atoms with Crippen molar-refractivity contribution in [2.24, 2.45) is 0 Å². The molecule has 220 valence electrons. The minimum absolute atomic E-state index is 0.393. The third-order valence-electron chi connectivity index (χ3n) is 8.95. The molecule has 1 aliphatic rings. The molecule has 5 aromatic carbocycles. The summed E-state index contributed by atoms with van der Waals surface area (Å²) in [6.45, 7) is 8.30. The Morgan fingerprint density at radius 3 is 1.42 bits per heavy atom. The molecule has 1 aromatic heterocycles. The van der Waals surface area contributed by atoms with Crippen LogP contribution >= 0.6 is 0 Å². The molecule has 0 atom stereocenters. The highest BCUT2D eigenvalue weighted by Crippen LogP contribution is 2.37. The minimum Gasteiger partial charge on any atom is -0.399 e. The Labute approximate surface area is 265 Å². The predicted octanol–water partition coefficient (Wildman–Crippen LogP) is 9.11. The Hall–Kier alpha value is -4.84. The molecule has 0 unspecified atom stereocenters. The van der Waals surface area contributed by atoms with Crippen molar-refractivity contribution in [1.82, 2.24) is 9.97 Å². The number of benzene rings is 5. The molecule has 1 saturated heterocycles. The van der Waals surface area contributed by atoms with Gasteiger partial charge in [0.1, 0.15) is 0 Å². The molecule has 0 amide bonds. The van der Waals surface area contributed by atoms with Crippen molar-refractivity contribution >= 4 is 12.6 Å². The Bertz CT molecular complexity index is 1840. The number of rotatable bonds is 6. The highest BCUT2D eigenvalue weighted by Gasteiger charge is 2.51. The van der Waals surface area contributed by atoms with Crippen molar-refractivity contribution in [3.05, 3.63) is 140 Å². The Kier molecular flexibility index (Phi) is 7.44. The fourth-order valence-corrected chi connectivity index (χ4v) is 5.62. The van der Waals surface area contributed by atoms with Gasteiger partial charge in [0.15, 0.2) is 5.82 Å². The van der Waals surface area contributed by atoms with Crippen LogP contribution in [-0.2, 0) is 9.31 Å². The maximum Gasteiger partial charge on any atom is 0.494 e. The van der Waals surface area contributed by atoms with E-state index in [4.69, 9.17) is 19.3 Å². The average Bonchev–Trinajstić information content (AvgIpc) is 3.31. The van der Waals surface area contributed by atoms with Crippen molar-refractivity contribution in [3.63, 3.8) is 0 Å². The Morgan fingerprint density at radius 2 is 0.867 bits per heavy atom.